The summed E-state index contributed by atoms with van der Waals surface area (Å²) in [5.74, 6) is -1.47. The number of amides is 3. The van der Waals surface area contributed by atoms with Crippen LogP contribution in [0.15, 0.2) is 42.5 Å². The highest BCUT2D eigenvalue weighted by Gasteiger charge is 2.67. The topological polar surface area (TPSA) is 146 Å². The van der Waals surface area contributed by atoms with Gasteiger partial charge >= 0.3 is 0 Å². The first-order chi connectivity index (χ1) is 21.9. The van der Waals surface area contributed by atoms with Gasteiger partial charge in [0, 0.05) is 54.5 Å². The molecule has 2 N–H and O–H groups in total. The van der Waals surface area contributed by atoms with Gasteiger partial charge in [0.1, 0.15) is 0 Å². The van der Waals surface area contributed by atoms with E-state index in [-0.39, 0.29) is 49.7 Å². The van der Waals surface area contributed by atoms with Crippen LogP contribution in [0, 0.1) is 16.0 Å². The van der Waals surface area contributed by atoms with E-state index in [0.717, 1.165) is 17.7 Å². The molecule has 46 heavy (non-hydrogen) atoms. The lowest BCUT2D eigenvalue weighted by Gasteiger charge is -2.31. The minimum atomic E-state index is -3.57. The zero-order valence-corrected chi connectivity index (χ0v) is 27.3. The number of likely N-dealkylation sites (tertiary alicyclic amines) is 1. The van der Waals surface area contributed by atoms with E-state index < -0.39 is 42.4 Å². The maximum Gasteiger partial charge on any atom is 0.269 e. The molecule has 14 heteroatoms. The minimum absolute atomic E-state index is 0.0305. The first-order valence-corrected chi connectivity index (χ1v) is 18.8. The van der Waals surface area contributed by atoms with Gasteiger partial charge in [-0.2, -0.15) is 0 Å². The van der Waals surface area contributed by atoms with Crippen molar-refractivity contribution >= 4 is 43.2 Å². The number of non-ortho nitro benzene ring substituents is 1. The third-order valence-corrected chi connectivity index (χ3v) is 12.6. The quantitative estimate of drug-likeness (QED) is 0.191. The Balaban J connectivity index is 1.35. The third-order valence-electron chi connectivity index (χ3n) is 10.1. The fraction of sp³-hybridized carbons (Fsp3) is 0.531. The average molecular weight is 654 g/mol. The maximum absolute atomic E-state index is 16.2. The number of fused-ring (bicyclic) bond motifs is 2. The molecule has 0 saturated carbocycles. The summed E-state index contributed by atoms with van der Waals surface area (Å²) in [7, 11) is -3.57. The van der Waals surface area contributed by atoms with Crippen LogP contribution < -0.4 is 15.1 Å². The molecule has 3 amide bonds. The molecule has 3 saturated heterocycles. The number of aliphatic hydroxyl groups is 1. The molecule has 12 nitrogen and oxygen atoms in total. The molecular weight excluding hydrogens is 613 g/mol. The monoisotopic (exact) mass is 653 g/mol. The summed E-state index contributed by atoms with van der Waals surface area (Å²) in [6, 6.07) is 11.2. The Bertz CT molecular complexity index is 1550. The molecule has 0 bridgehead atoms. The first kappa shape index (κ1) is 32.2. The van der Waals surface area contributed by atoms with Gasteiger partial charge in [-0.1, -0.05) is 19.1 Å². The number of nitrogens with zero attached hydrogens (tertiary/aromatic N) is 4. The average Bonchev–Trinajstić information content (AvgIpc) is 3.68. The largest absolute Gasteiger partial charge is 0.394 e. The summed E-state index contributed by atoms with van der Waals surface area (Å²) in [5, 5.41) is 24.7. The van der Waals surface area contributed by atoms with Crippen LogP contribution in [0.3, 0.4) is 0 Å². The molecule has 2 aromatic rings. The van der Waals surface area contributed by atoms with Gasteiger partial charge in [-0.25, -0.2) is 0 Å². The zero-order valence-electron chi connectivity index (χ0n) is 26.3. The SMILES string of the molecule is C[C@H]1[C@H]([Si](C)(C)F)[C@@H](CC(=O)N2CCC[C@H]2CO)O[C@]12C(=O)N(Cc1ccc(N3CCNCC3=O)cc1)c1ccc([N+](=O)[O-])cc12. The number of hydrogen-bond acceptors (Lipinski definition) is 8. The number of benzene rings is 2. The van der Waals surface area contributed by atoms with Crippen molar-refractivity contribution in [2.45, 2.75) is 69.1 Å². The number of rotatable bonds is 8. The van der Waals surface area contributed by atoms with Crippen LogP contribution in [0.2, 0.25) is 18.6 Å². The van der Waals surface area contributed by atoms with Crippen molar-refractivity contribution in [3.63, 3.8) is 0 Å². The van der Waals surface area contributed by atoms with Gasteiger partial charge in [-0.3, -0.25) is 24.5 Å². The molecule has 0 unspecified atom stereocenters. The van der Waals surface area contributed by atoms with Crippen molar-refractivity contribution in [2.24, 2.45) is 5.92 Å². The van der Waals surface area contributed by atoms with Gasteiger partial charge in [-0.15, -0.1) is 0 Å². The van der Waals surface area contributed by atoms with E-state index in [2.05, 4.69) is 5.32 Å². The number of hydrogen-bond donors (Lipinski definition) is 2. The second-order valence-corrected chi connectivity index (χ2v) is 17.1. The van der Waals surface area contributed by atoms with Crippen LogP contribution in [-0.2, 0) is 31.3 Å². The summed E-state index contributed by atoms with van der Waals surface area (Å²) >= 11 is 0. The van der Waals surface area contributed by atoms with Gasteiger partial charge in [0.05, 0.1) is 48.9 Å². The lowest BCUT2D eigenvalue weighted by molar-refractivity contribution is -0.385. The number of carbonyl (C=O) groups is 3. The van der Waals surface area contributed by atoms with E-state index in [1.54, 1.807) is 16.7 Å². The van der Waals surface area contributed by atoms with E-state index in [4.69, 9.17) is 4.74 Å². The summed E-state index contributed by atoms with van der Waals surface area (Å²) in [6.45, 7) is 6.76. The molecule has 5 atom stereocenters. The van der Waals surface area contributed by atoms with Gasteiger partial charge in [0.25, 0.3) is 11.6 Å². The summed E-state index contributed by atoms with van der Waals surface area (Å²) in [5.41, 5.74) is -0.443. The Hall–Kier alpha value is -3.72. The van der Waals surface area contributed by atoms with E-state index in [1.165, 1.54) is 36.2 Å². The Morgan fingerprint density at radius 1 is 1.20 bits per heavy atom. The van der Waals surface area contributed by atoms with E-state index in [9.17, 15) is 29.6 Å². The molecule has 2 aromatic carbocycles. The number of aliphatic hydroxyl groups excluding tert-OH is 1. The highest BCUT2D eigenvalue weighted by Crippen LogP contribution is 2.60. The molecule has 4 heterocycles. The smallest absolute Gasteiger partial charge is 0.269 e. The lowest BCUT2D eigenvalue weighted by Crippen LogP contribution is -2.48. The van der Waals surface area contributed by atoms with Crippen LogP contribution in [0.4, 0.5) is 21.2 Å². The normalized spacial score (nSPS) is 28.0. The number of nitro benzene ring substituents is 1. The van der Waals surface area contributed by atoms with Crippen molar-refractivity contribution in [3.05, 3.63) is 63.7 Å². The Kier molecular flexibility index (Phi) is 8.50. The summed E-state index contributed by atoms with van der Waals surface area (Å²) in [4.78, 5) is 56.7. The standard InChI is InChI=1S/C32H40FN5O7Si/c1-20-30(46(2,3)33)27(16-28(40)35-13-4-5-24(35)19-39)45-32(20)25-15-23(38(43)44)10-11-26(25)37(31(32)42)18-21-6-8-22(9-7-21)36-14-12-34-17-29(36)41/h6-11,15,20,24,27,30,34,39H,4-5,12-14,16-19H2,1-3H3/t20-,24-,27+,30-,32+/m0/s1. The van der Waals surface area contributed by atoms with Crippen molar-refractivity contribution in [2.75, 3.05) is 42.6 Å². The lowest BCUT2D eigenvalue weighted by atomic mass is 9.82. The van der Waals surface area contributed by atoms with Gasteiger partial charge < -0.3 is 34.0 Å². The number of carbonyl (C=O) groups excluding carboxylic acids is 3. The minimum Gasteiger partial charge on any atom is -0.394 e. The fourth-order valence-electron chi connectivity index (χ4n) is 7.99. The number of piperazine rings is 1. The second-order valence-electron chi connectivity index (χ2n) is 13.3. The van der Waals surface area contributed by atoms with Gasteiger partial charge in [0.15, 0.2) is 5.60 Å². The highest BCUT2D eigenvalue weighted by molar-refractivity contribution is 6.72. The molecule has 3 fully saturated rings. The molecule has 4 aliphatic rings. The maximum atomic E-state index is 16.2. The first-order valence-electron chi connectivity index (χ1n) is 15.8. The van der Waals surface area contributed by atoms with Crippen LogP contribution in [0.1, 0.15) is 37.3 Å². The summed E-state index contributed by atoms with van der Waals surface area (Å²) < 4.78 is 22.8. The predicted molar refractivity (Wildman–Crippen MR) is 170 cm³/mol. The van der Waals surface area contributed by atoms with Gasteiger partial charge in [-0.05, 0) is 49.7 Å². The van der Waals surface area contributed by atoms with Crippen LogP contribution in [0.5, 0.6) is 0 Å². The summed E-state index contributed by atoms with van der Waals surface area (Å²) in [6.07, 6.45) is 0.350. The number of halogens is 1. The van der Waals surface area contributed by atoms with E-state index in [0.29, 0.717) is 37.3 Å². The van der Waals surface area contributed by atoms with Crippen molar-refractivity contribution in [3.8, 4) is 0 Å². The van der Waals surface area contributed by atoms with Crippen LogP contribution >= 0.6 is 0 Å². The zero-order chi connectivity index (χ0) is 33.0. The molecule has 246 valence electrons. The second kappa shape index (κ2) is 12.1. The number of nitrogens with one attached hydrogen (secondary N) is 1. The molecule has 0 aliphatic carbocycles. The molecular formula is C32H40FN5O7Si. The van der Waals surface area contributed by atoms with Crippen LogP contribution in [0.25, 0.3) is 0 Å². The van der Waals surface area contributed by atoms with Gasteiger partial charge in [0.2, 0.25) is 20.2 Å². The molecule has 0 aromatic heterocycles. The number of anilines is 2. The highest BCUT2D eigenvalue weighted by atomic mass is 28.4. The van der Waals surface area contributed by atoms with Crippen LogP contribution in [-0.4, -0.2) is 86.0 Å². The van der Waals surface area contributed by atoms with Crippen molar-refractivity contribution in [1.82, 2.24) is 10.2 Å². The molecule has 1 spiro atoms. The number of nitro groups is 1. The van der Waals surface area contributed by atoms with Crippen molar-refractivity contribution in [1.29, 1.82) is 0 Å². The van der Waals surface area contributed by atoms with Crippen molar-refractivity contribution < 1.29 is 33.3 Å². The molecule has 6 rings (SSSR count). The Labute approximate surface area is 267 Å². The fourth-order valence-corrected chi connectivity index (χ4v) is 10.5. The predicted octanol–water partition coefficient (Wildman–Crippen LogP) is 3.23. The number of ether oxygens (including phenoxy) is 1. The van der Waals surface area contributed by atoms with E-state index in [1.807, 2.05) is 24.3 Å². The Morgan fingerprint density at radius 2 is 1.93 bits per heavy atom. The Morgan fingerprint density at radius 3 is 2.59 bits per heavy atom. The van der Waals surface area contributed by atoms with E-state index >= 15 is 4.11 Å². The molecule has 0 radical (unpaired) electrons. The third kappa shape index (κ3) is 5.40. The molecule has 4 aliphatic heterocycles.